The number of rotatable bonds is 3. The second-order valence-electron chi connectivity index (χ2n) is 6.56. The maximum Gasteiger partial charge on any atom is 0.311 e. The third-order valence-corrected chi connectivity index (χ3v) is 3.85. The zero-order valence-electron chi connectivity index (χ0n) is 13.6. The Hall–Kier alpha value is -1.08. The molecule has 0 unspecified atom stereocenters. The van der Waals surface area contributed by atoms with Crippen LogP contribution in [0.15, 0.2) is 18.2 Å². The first-order valence-electron chi connectivity index (χ1n) is 7.23. The molecule has 0 saturated carbocycles. The van der Waals surface area contributed by atoms with Crippen LogP contribution >= 0.6 is 24.8 Å². The number of nitro groups is 1. The van der Waals surface area contributed by atoms with E-state index in [9.17, 15) is 15.2 Å². The third kappa shape index (κ3) is 5.21. The summed E-state index contributed by atoms with van der Waals surface area (Å²) >= 11 is 0. The highest BCUT2D eigenvalue weighted by molar-refractivity contribution is 5.85. The zero-order valence-corrected chi connectivity index (χ0v) is 15.2. The molecule has 1 atom stereocenters. The van der Waals surface area contributed by atoms with Crippen LogP contribution in [0, 0.1) is 15.5 Å². The van der Waals surface area contributed by atoms with Crippen LogP contribution in [0.3, 0.4) is 0 Å². The van der Waals surface area contributed by atoms with Gasteiger partial charge in [-0.2, -0.15) is 0 Å². The lowest BCUT2D eigenvalue weighted by atomic mass is 9.80. The van der Waals surface area contributed by atoms with Gasteiger partial charge in [0, 0.05) is 38.3 Å². The van der Waals surface area contributed by atoms with E-state index in [1.54, 1.807) is 6.07 Å². The number of nitrogens with zero attached hydrogens (tertiary/aromatic N) is 2. The van der Waals surface area contributed by atoms with Gasteiger partial charge in [0.1, 0.15) is 0 Å². The molecule has 1 aromatic rings. The van der Waals surface area contributed by atoms with Crippen molar-refractivity contribution < 1.29 is 10.0 Å². The molecule has 132 valence electrons. The van der Waals surface area contributed by atoms with Crippen LogP contribution in [0.2, 0.25) is 0 Å². The Balaban J connectivity index is 0.00000242. The van der Waals surface area contributed by atoms with Gasteiger partial charge in [-0.25, -0.2) is 0 Å². The van der Waals surface area contributed by atoms with Crippen LogP contribution in [-0.2, 0) is 0 Å². The fourth-order valence-corrected chi connectivity index (χ4v) is 3.06. The number of phenolic OH excluding ortho intramolecular Hbond substituents is 1. The molecular formula is C15H25Cl2N3O3. The monoisotopic (exact) mass is 365 g/mol. The molecule has 1 heterocycles. The van der Waals surface area contributed by atoms with Crippen LogP contribution in [0.5, 0.6) is 5.75 Å². The van der Waals surface area contributed by atoms with Gasteiger partial charge in [-0.3, -0.25) is 15.0 Å². The SMILES string of the molecule is CC(C)(C)[C@@H](c1ccc(O)c([N+](=O)[O-])c1)N1CCNCC1.Cl.Cl. The van der Waals surface area contributed by atoms with Gasteiger partial charge in [-0.1, -0.05) is 26.8 Å². The predicted molar refractivity (Wildman–Crippen MR) is 95.9 cm³/mol. The van der Waals surface area contributed by atoms with Gasteiger partial charge in [0.15, 0.2) is 5.75 Å². The average molecular weight is 366 g/mol. The molecule has 0 amide bonds. The van der Waals surface area contributed by atoms with E-state index in [0.29, 0.717) is 0 Å². The molecule has 0 radical (unpaired) electrons. The van der Waals surface area contributed by atoms with Crippen molar-refractivity contribution in [3.63, 3.8) is 0 Å². The fraction of sp³-hybridized carbons (Fsp3) is 0.600. The molecule has 0 aromatic heterocycles. The van der Waals surface area contributed by atoms with E-state index >= 15 is 0 Å². The van der Waals surface area contributed by atoms with Crippen molar-refractivity contribution in [2.75, 3.05) is 26.2 Å². The smallest absolute Gasteiger partial charge is 0.311 e. The molecule has 8 heteroatoms. The number of hydrogen-bond acceptors (Lipinski definition) is 5. The topological polar surface area (TPSA) is 78.6 Å². The second kappa shape index (κ2) is 8.68. The summed E-state index contributed by atoms with van der Waals surface area (Å²) in [6, 6.07) is 4.81. The number of nitrogens with one attached hydrogen (secondary N) is 1. The van der Waals surface area contributed by atoms with Crippen LogP contribution in [0.4, 0.5) is 5.69 Å². The molecule has 2 rings (SSSR count). The Morgan fingerprint density at radius 1 is 1.26 bits per heavy atom. The quantitative estimate of drug-likeness (QED) is 0.635. The van der Waals surface area contributed by atoms with Crippen LogP contribution < -0.4 is 5.32 Å². The highest BCUT2D eigenvalue weighted by atomic mass is 35.5. The number of aromatic hydroxyl groups is 1. The first kappa shape index (κ1) is 21.9. The van der Waals surface area contributed by atoms with Crippen molar-refractivity contribution in [2.45, 2.75) is 26.8 Å². The number of piperazine rings is 1. The van der Waals surface area contributed by atoms with Gasteiger partial charge in [0.25, 0.3) is 0 Å². The summed E-state index contributed by atoms with van der Waals surface area (Å²) in [4.78, 5) is 12.9. The van der Waals surface area contributed by atoms with E-state index in [4.69, 9.17) is 0 Å². The summed E-state index contributed by atoms with van der Waals surface area (Å²) in [5, 5.41) is 24.0. The molecule has 1 fully saturated rings. The normalized spacial score (nSPS) is 16.8. The van der Waals surface area contributed by atoms with Crippen LogP contribution in [0.1, 0.15) is 32.4 Å². The minimum absolute atomic E-state index is 0. The number of nitro benzene ring substituents is 1. The van der Waals surface area contributed by atoms with E-state index < -0.39 is 4.92 Å². The minimum atomic E-state index is -0.531. The molecule has 0 aliphatic carbocycles. The molecule has 1 aliphatic heterocycles. The Morgan fingerprint density at radius 3 is 2.30 bits per heavy atom. The van der Waals surface area contributed by atoms with Gasteiger partial charge in [-0.15, -0.1) is 24.8 Å². The fourth-order valence-electron chi connectivity index (χ4n) is 3.06. The van der Waals surface area contributed by atoms with E-state index in [2.05, 4.69) is 31.0 Å². The summed E-state index contributed by atoms with van der Waals surface area (Å²) in [7, 11) is 0. The van der Waals surface area contributed by atoms with Gasteiger partial charge in [0.05, 0.1) is 4.92 Å². The summed E-state index contributed by atoms with van der Waals surface area (Å²) in [5.41, 5.74) is 0.605. The third-order valence-electron chi connectivity index (χ3n) is 3.85. The highest BCUT2D eigenvalue weighted by Crippen LogP contribution is 2.40. The zero-order chi connectivity index (χ0) is 15.6. The molecular weight excluding hydrogens is 341 g/mol. The number of hydrogen-bond donors (Lipinski definition) is 2. The van der Waals surface area contributed by atoms with E-state index in [1.807, 2.05) is 0 Å². The number of benzene rings is 1. The molecule has 1 aromatic carbocycles. The Labute approximate surface area is 149 Å². The molecule has 0 bridgehead atoms. The van der Waals surface area contributed by atoms with Gasteiger partial charge < -0.3 is 10.4 Å². The summed E-state index contributed by atoms with van der Waals surface area (Å²) < 4.78 is 0. The van der Waals surface area contributed by atoms with Gasteiger partial charge >= 0.3 is 5.69 Å². The van der Waals surface area contributed by atoms with Crippen LogP contribution in [-0.4, -0.2) is 41.1 Å². The number of phenols is 1. The van der Waals surface area contributed by atoms with Crippen LogP contribution in [0.25, 0.3) is 0 Å². The number of halogens is 2. The maximum absolute atomic E-state index is 11.0. The van der Waals surface area contributed by atoms with Crippen molar-refractivity contribution >= 4 is 30.5 Å². The van der Waals surface area contributed by atoms with Gasteiger partial charge in [-0.05, 0) is 17.0 Å². The van der Waals surface area contributed by atoms with E-state index in [0.717, 1.165) is 31.7 Å². The predicted octanol–water partition coefficient (Wildman–Crippen LogP) is 3.14. The molecule has 23 heavy (non-hydrogen) atoms. The maximum atomic E-state index is 11.0. The summed E-state index contributed by atoms with van der Waals surface area (Å²) in [5.74, 6) is -0.281. The minimum Gasteiger partial charge on any atom is -0.502 e. The lowest BCUT2D eigenvalue weighted by molar-refractivity contribution is -0.386. The first-order chi connectivity index (χ1) is 9.80. The Bertz CT molecular complexity index is 529. The Morgan fingerprint density at radius 2 is 1.83 bits per heavy atom. The summed E-state index contributed by atoms with van der Waals surface area (Å²) in [6.07, 6.45) is 0. The summed E-state index contributed by atoms with van der Waals surface area (Å²) in [6.45, 7) is 10.1. The van der Waals surface area contributed by atoms with E-state index in [1.165, 1.54) is 12.1 Å². The van der Waals surface area contributed by atoms with Crippen molar-refractivity contribution in [3.8, 4) is 5.75 Å². The largest absolute Gasteiger partial charge is 0.502 e. The lowest BCUT2D eigenvalue weighted by Gasteiger charge is -2.42. The highest BCUT2D eigenvalue weighted by Gasteiger charge is 2.33. The van der Waals surface area contributed by atoms with Crippen molar-refractivity contribution in [2.24, 2.45) is 5.41 Å². The average Bonchev–Trinajstić information content (AvgIpc) is 2.40. The van der Waals surface area contributed by atoms with E-state index in [-0.39, 0.29) is 47.7 Å². The van der Waals surface area contributed by atoms with Crippen molar-refractivity contribution in [1.82, 2.24) is 10.2 Å². The molecule has 6 nitrogen and oxygen atoms in total. The van der Waals surface area contributed by atoms with Crippen molar-refractivity contribution in [3.05, 3.63) is 33.9 Å². The lowest BCUT2D eigenvalue weighted by Crippen LogP contribution is -2.48. The molecule has 0 spiro atoms. The van der Waals surface area contributed by atoms with Crippen molar-refractivity contribution in [1.29, 1.82) is 0 Å². The molecule has 1 saturated heterocycles. The standard InChI is InChI=1S/C15H23N3O3.2ClH/c1-15(2,3)14(17-8-6-16-7-9-17)11-4-5-13(19)12(10-11)18(20)21;;/h4-5,10,14,16,19H,6-9H2,1-3H3;2*1H/t14-;;/m1../s1. The molecule has 1 aliphatic rings. The first-order valence-corrected chi connectivity index (χ1v) is 7.23. The molecule has 2 N–H and O–H groups in total. The second-order valence-corrected chi connectivity index (χ2v) is 6.56. The van der Waals surface area contributed by atoms with Gasteiger partial charge in [0.2, 0.25) is 0 Å². The Kier molecular flexibility index (Phi) is 8.28.